The first-order valence-electron chi connectivity index (χ1n) is 5.80. The fraction of sp³-hybridized carbons (Fsp3) is 0.308. The molecule has 0 atom stereocenters. The van der Waals surface area contributed by atoms with Gasteiger partial charge in [0.2, 0.25) is 0 Å². The van der Waals surface area contributed by atoms with Crippen molar-refractivity contribution in [2.24, 2.45) is 0 Å². The summed E-state index contributed by atoms with van der Waals surface area (Å²) in [5, 5.41) is 13.9. The van der Waals surface area contributed by atoms with Gasteiger partial charge in [0.1, 0.15) is 5.56 Å². The van der Waals surface area contributed by atoms with E-state index in [1.54, 1.807) is 24.7 Å². The van der Waals surface area contributed by atoms with E-state index >= 15 is 0 Å². The molecule has 0 radical (unpaired) electrons. The largest absolute Gasteiger partial charge is 0.478 e. The first-order valence-corrected chi connectivity index (χ1v) is 5.80. The molecule has 98 valence electrons. The number of nitrogen functional groups attached to an aromatic ring is 1. The van der Waals surface area contributed by atoms with Gasteiger partial charge in [0.05, 0.1) is 29.5 Å². The van der Waals surface area contributed by atoms with Gasteiger partial charge in [0, 0.05) is 6.42 Å². The monoisotopic (exact) mass is 258 g/mol. The second-order valence-corrected chi connectivity index (χ2v) is 4.07. The molecule has 0 fully saturated rings. The molecule has 0 spiro atoms. The van der Waals surface area contributed by atoms with Gasteiger partial charge in [0.15, 0.2) is 5.65 Å². The van der Waals surface area contributed by atoms with Crippen LogP contribution in [0.15, 0.2) is 6.20 Å². The Morgan fingerprint density at radius 1 is 1.58 bits per heavy atom. The number of carboxylic acids is 1. The predicted molar refractivity (Wildman–Crippen MR) is 71.7 cm³/mol. The van der Waals surface area contributed by atoms with Gasteiger partial charge in [-0.2, -0.15) is 5.10 Å². The number of fused-ring (bicyclic) bond motifs is 1. The summed E-state index contributed by atoms with van der Waals surface area (Å²) in [6, 6.07) is 0. The molecular weight excluding hydrogens is 244 g/mol. The number of carboxylic acid groups (broad SMARTS) is 1. The van der Waals surface area contributed by atoms with Crippen molar-refractivity contribution < 1.29 is 9.90 Å². The number of hydrogen-bond donors (Lipinski definition) is 2. The Bertz CT molecular complexity index is 707. The molecule has 0 aromatic carbocycles. The van der Waals surface area contributed by atoms with Crippen LogP contribution in [0.25, 0.3) is 11.0 Å². The van der Waals surface area contributed by atoms with Gasteiger partial charge in [0.25, 0.3) is 0 Å². The number of aromatic nitrogens is 3. The third kappa shape index (κ3) is 2.22. The van der Waals surface area contributed by atoms with Gasteiger partial charge >= 0.3 is 5.97 Å². The number of hydrogen-bond acceptors (Lipinski definition) is 4. The molecule has 0 amide bonds. The van der Waals surface area contributed by atoms with E-state index in [2.05, 4.69) is 21.9 Å². The van der Waals surface area contributed by atoms with E-state index in [4.69, 9.17) is 10.8 Å². The molecule has 3 N–H and O–H groups in total. The zero-order chi connectivity index (χ0) is 14.0. The van der Waals surface area contributed by atoms with Crippen LogP contribution >= 0.6 is 0 Å². The minimum Gasteiger partial charge on any atom is -0.478 e. The Hall–Kier alpha value is -2.55. The van der Waals surface area contributed by atoms with Crippen LogP contribution in [-0.4, -0.2) is 25.8 Å². The van der Waals surface area contributed by atoms with Crippen LogP contribution in [0.3, 0.4) is 0 Å². The standard InChI is InChI=1S/C13H14N4O2/c1-3-4-5-6-17-12-9(7-15-17)11(14)10(13(18)19)8(2)16-12/h7H,5-6H2,1-2H3,(H2,14,16)(H,18,19). The Morgan fingerprint density at radius 2 is 2.32 bits per heavy atom. The average Bonchev–Trinajstić information content (AvgIpc) is 2.72. The molecule has 0 aliphatic heterocycles. The highest BCUT2D eigenvalue weighted by Crippen LogP contribution is 2.25. The normalized spacial score (nSPS) is 10.2. The van der Waals surface area contributed by atoms with Crippen molar-refractivity contribution in [3.63, 3.8) is 0 Å². The highest BCUT2D eigenvalue weighted by atomic mass is 16.4. The van der Waals surface area contributed by atoms with Crippen LogP contribution in [0.2, 0.25) is 0 Å². The van der Waals surface area contributed by atoms with Crippen LogP contribution in [-0.2, 0) is 6.54 Å². The Labute approximate surface area is 110 Å². The molecule has 0 bridgehead atoms. The smallest absolute Gasteiger partial charge is 0.339 e. The fourth-order valence-corrected chi connectivity index (χ4v) is 1.95. The SMILES string of the molecule is CC#CCCn1ncc2c(N)c(C(=O)O)c(C)nc21. The van der Waals surface area contributed by atoms with Crippen molar-refractivity contribution >= 4 is 22.7 Å². The highest BCUT2D eigenvalue weighted by molar-refractivity contribution is 6.03. The van der Waals surface area contributed by atoms with E-state index in [9.17, 15) is 4.79 Å². The molecule has 0 saturated heterocycles. The minimum atomic E-state index is -1.08. The molecular formula is C13H14N4O2. The number of aromatic carboxylic acids is 1. The van der Waals surface area contributed by atoms with E-state index in [0.717, 1.165) is 0 Å². The summed E-state index contributed by atoms with van der Waals surface area (Å²) in [7, 11) is 0. The van der Waals surface area contributed by atoms with Crippen LogP contribution < -0.4 is 5.73 Å². The Balaban J connectivity index is 2.55. The van der Waals surface area contributed by atoms with E-state index in [-0.39, 0.29) is 11.3 Å². The zero-order valence-corrected chi connectivity index (χ0v) is 10.8. The summed E-state index contributed by atoms with van der Waals surface area (Å²) in [5.41, 5.74) is 7.12. The van der Waals surface area contributed by atoms with Crippen molar-refractivity contribution in [1.82, 2.24) is 14.8 Å². The lowest BCUT2D eigenvalue weighted by atomic mass is 10.1. The first-order chi connectivity index (χ1) is 9.06. The fourth-order valence-electron chi connectivity index (χ4n) is 1.95. The number of pyridine rings is 1. The van der Waals surface area contributed by atoms with Crippen molar-refractivity contribution in [1.29, 1.82) is 0 Å². The maximum Gasteiger partial charge on any atom is 0.339 e. The highest BCUT2D eigenvalue weighted by Gasteiger charge is 2.18. The summed E-state index contributed by atoms with van der Waals surface area (Å²) in [4.78, 5) is 15.4. The average molecular weight is 258 g/mol. The van der Waals surface area contributed by atoms with Gasteiger partial charge < -0.3 is 10.8 Å². The summed E-state index contributed by atoms with van der Waals surface area (Å²) in [6.45, 7) is 4.01. The summed E-state index contributed by atoms with van der Waals surface area (Å²) in [6.07, 6.45) is 2.21. The molecule has 6 nitrogen and oxygen atoms in total. The summed E-state index contributed by atoms with van der Waals surface area (Å²) < 4.78 is 1.69. The quantitative estimate of drug-likeness (QED) is 0.812. The molecule has 0 aliphatic rings. The van der Waals surface area contributed by atoms with Gasteiger partial charge in [-0.3, -0.25) is 0 Å². The maximum atomic E-state index is 11.1. The lowest BCUT2D eigenvalue weighted by Gasteiger charge is -2.06. The van der Waals surface area contributed by atoms with Gasteiger partial charge in [-0.1, -0.05) is 0 Å². The predicted octanol–water partition coefficient (Wildman–Crippen LogP) is 1.43. The van der Waals surface area contributed by atoms with Crippen LogP contribution in [0.5, 0.6) is 0 Å². The van der Waals surface area contributed by atoms with E-state index in [0.29, 0.717) is 29.7 Å². The number of rotatable bonds is 3. The van der Waals surface area contributed by atoms with Crippen LogP contribution in [0.4, 0.5) is 5.69 Å². The maximum absolute atomic E-state index is 11.1. The van der Waals surface area contributed by atoms with Gasteiger partial charge in [-0.25, -0.2) is 14.5 Å². The molecule has 6 heteroatoms. The van der Waals surface area contributed by atoms with Crippen molar-refractivity contribution in [2.75, 3.05) is 5.73 Å². The third-order valence-corrected chi connectivity index (χ3v) is 2.85. The number of anilines is 1. The lowest BCUT2D eigenvalue weighted by molar-refractivity contribution is 0.0697. The van der Waals surface area contributed by atoms with E-state index < -0.39 is 5.97 Å². The number of nitrogens with two attached hydrogens (primary N) is 1. The van der Waals surface area contributed by atoms with E-state index in [1.165, 1.54) is 0 Å². The number of nitrogens with zero attached hydrogens (tertiary/aromatic N) is 3. The van der Waals surface area contributed by atoms with Gasteiger partial charge in [-0.05, 0) is 13.8 Å². The van der Waals surface area contributed by atoms with E-state index in [1.807, 2.05) is 0 Å². The van der Waals surface area contributed by atoms with Crippen molar-refractivity contribution in [3.05, 3.63) is 17.5 Å². The summed E-state index contributed by atoms with van der Waals surface area (Å²) in [5.74, 6) is 4.68. The van der Waals surface area contributed by atoms with Crippen molar-refractivity contribution in [2.45, 2.75) is 26.8 Å². The molecule has 2 heterocycles. The molecule has 2 rings (SSSR count). The summed E-state index contributed by atoms with van der Waals surface area (Å²) >= 11 is 0. The minimum absolute atomic E-state index is 0.0420. The molecule has 0 aliphatic carbocycles. The second kappa shape index (κ2) is 4.98. The number of carbonyl (C=O) groups is 1. The lowest BCUT2D eigenvalue weighted by Crippen LogP contribution is -2.09. The topological polar surface area (TPSA) is 94.0 Å². The third-order valence-electron chi connectivity index (χ3n) is 2.85. The first kappa shape index (κ1) is 12.9. The molecule has 0 saturated carbocycles. The molecule has 2 aromatic heterocycles. The van der Waals surface area contributed by atoms with Gasteiger partial charge in [-0.15, -0.1) is 11.8 Å². The van der Waals surface area contributed by atoms with Crippen LogP contribution in [0, 0.1) is 18.8 Å². The van der Waals surface area contributed by atoms with Crippen LogP contribution in [0.1, 0.15) is 29.4 Å². The molecule has 2 aromatic rings. The Morgan fingerprint density at radius 3 is 2.95 bits per heavy atom. The molecule has 0 unspecified atom stereocenters. The Kier molecular flexibility index (Phi) is 3.38. The second-order valence-electron chi connectivity index (χ2n) is 4.07. The zero-order valence-electron chi connectivity index (χ0n) is 10.8. The van der Waals surface area contributed by atoms with Crippen molar-refractivity contribution in [3.8, 4) is 11.8 Å². The number of aryl methyl sites for hydroxylation is 2. The molecule has 19 heavy (non-hydrogen) atoms.